The molecular weight excluding hydrogens is 322 g/mol. The standard InChI is InChI=1S/C15H16ClN3O4/c1-9-6-10(16)4-5-11(9)23-8-13(20)17-12-7-14(21)19(3)15(22)18(12)2/h4-7H,8H2,1-3H3,(H,17,20). The maximum Gasteiger partial charge on any atom is 0.332 e. The zero-order valence-electron chi connectivity index (χ0n) is 12.9. The van der Waals surface area contributed by atoms with Gasteiger partial charge in [0, 0.05) is 25.2 Å². The molecule has 1 aromatic carbocycles. The van der Waals surface area contributed by atoms with Gasteiger partial charge in [-0.25, -0.2) is 4.79 Å². The lowest BCUT2D eigenvalue weighted by atomic mass is 10.2. The molecule has 0 fully saturated rings. The summed E-state index contributed by atoms with van der Waals surface area (Å²) in [5.41, 5.74) is -0.230. The zero-order chi connectivity index (χ0) is 17.1. The number of halogens is 1. The Morgan fingerprint density at radius 3 is 2.57 bits per heavy atom. The van der Waals surface area contributed by atoms with Gasteiger partial charge in [-0.15, -0.1) is 0 Å². The fraction of sp³-hybridized carbons (Fsp3) is 0.267. The molecule has 0 saturated carbocycles. The molecule has 0 atom stereocenters. The van der Waals surface area contributed by atoms with Crippen molar-refractivity contribution in [2.24, 2.45) is 14.1 Å². The molecule has 122 valence electrons. The Morgan fingerprint density at radius 2 is 1.91 bits per heavy atom. The molecule has 7 nitrogen and oxygen atoms in total. The topological polar surface area (TPSA) is 82.3 Å². The molecule has 0 aliphatic carbocycles. The van der Waals surface area contributed by atoms with E-state index in [1.165, 1.54) is 24.7 Å². The summed E-state index contributed by atoms with van der Waals surface area (Å²) in [6, 6.07) is 6.22. The smallest absolute Gasteiger partial charge is 0.332 e. The molecule has 1 amide bonds. The van der Waals surface area contributed by atoms with Crippen LogP contribution in [0, 0.1) is 6.92 Å². The summed E-state index contributed by atoms with van der Waals surface area (Å²) >= 11 is 5.85. The number of hydrogen-bond acceptors (Lipinski definition) is 4. The van der Waals surface area contributed by atoms with Crippen molar-refractivity contribution < 1.29 is 9.53 Å². The lowest BCUT2D eigenvalue weighted by Crippen LogP contribution is -2.38. The summed E-state index contributed by atoms with van der Waals surface area (Å²) in [6.07, 6.45) is 0. The molecule has 23 heavy (non-hydrogen) atoms. The third-order valence-electron chi connectivity index (χ3n) is 3.29. The number of aryl methyl sites for hydroxylation is 1. The second-order valence-electron chi connectivity index (χ2n) is 5.02. The molecule has 8 heteroatoms. The van der Waals surface area contributed by atoms with E-state index >= 15 is 0 Å². The van der Waals surface area contributed by atoms with E-state index in [2.05, 4.69) is 5.32 Å². The Morgan fingerprint density at radius 1 is 1.22 bits per heavy atom. The van der Waals surface area contributed by atoms with Crippen molar-refractivity contribution >= 4 is 23.3 Å². The maximum atomic E-state index is 11.9. The summed E-state index contributed by atoms with van der Waals surface area (Å²) in [4.78, 5) is 35.3. The van der Waals surface area contributed by atoms with E-state index < -0.39 is 17.2 Å². The number of ether oxygens (including phenoxy) is 1. The Bertz CT molecular complexity index is 870. The third kappa shape index (κ3) is 3.81. The van der Waals surface area contributed by atoms with Gasteiger partial charge in [0.2, 0.25) is 0 Å². The van der Waals surface area contributed by atoms with Gasteiger partial charge in [0.05, 0.1) is 0 Å². The van der Waals surface area contributed by atoms with E-state index in [9.17, 15) is 14.4 Å². The van der Waals surface area contributed by atoms with Crippen molar-refractivity contribution in [1.29, 1.82) is 0 Å². The molecule has 2 rings (SSSR count). The number of amides is 1. The number of nitrogens with zero attached hydrogens (tertiary/aromatic N) is 2. The van der Waals surface area contributed by atoms with Gasteiger partial charge in [-0.1, -0.05) is 11.6 Å². The van der Waals surface area contributed by atoms with Gasteiger partial charge in [-0.05, 0) is 30.7 Å². The molecule has 1 heterocycles. The summed E-state index contributed by atoms with van der Waals surface area (Å²) in [5, 5.41) is 3.06. The van der Waals surface area contributed by atoms with Crippen molar-refractivity contribution in [1.82, 2.24) is 9.13 Å². The molecule has 1 N–H and O–H groups in total. The lowest BCUT2D eigenvalue weighted by Gasteiger charge is -2.12. The van der Waals surface area contributed by atoms with Crippen molar-refractivity contribution in [3.05, 3.63) is 55.7 Å². The van der Waals surface area contributed by atoms with Crippen LogP contribution in [0.15, 0.2) is 33.9 Å². The molecule has 0 bridgehead atoms. The van der Waals surface area contributed by atoms with E-state index in [0.717, 1.165) is 10.1 Å². The first-order valence-corrected chi connectivity index (χ1v) is 7.13. The summed E-state index contributed by atoms with van der Waals surface area (Å²) in [7, 11) is 2.82. The van der Waals surface area contributed by atoms with Crippen LogP contribution in [0.4, 0.5) is 5.82 Å². The maximum absolute atomic E-state index is 11.9. The van der Waals surface area contributed by atoms with Gasteiger partial charge in [0.1, 0.15) is 11.6 Å². The normalized spacial score (nSPS) is 10.4. The van der Waals surface area contributed by atoms with Crippen LogP contribution in [0.1, 0.15) is 5.56 Å². The van der Waals surface area contributed by atoms with Crippen LogP contribution in [0.3, 0.4) is 0 Å². The molecule has 0 unspecified atom stereocenters. The van der Waals surface area contributed by atoms with Gasteiger partial charge in [0.25, 0.3) is 11.5 Å². The number of benzene rings is 1. The highest BCUT2D eigenvalue weighted by atomic mass is 35.5. The fourth-order valence-corrected chi connectivity index (χ4v) is 2.18. The number of aromatic nitrogens is 2. The number of hydrogen-bond donors (Lipinski definition) is 1. The highest BCUT2D eigenvalue weighted by Crippen LogP contribution is 2.21. The van der Waals surface area contributed by atoms with E-state index in [-0.39, 0.29) is 12.4 Å². The SMILES string of the molecule is Cc1cc(Cl)ccc1OCC(=O)Nc1cc(=O)n(C)c(=O)n1C. The van der Waals surface area contributed by atoms with Gasteiger partial charge in [-0.3, -0.25) is 18.7 Å². The number of carbonyl (C=O) groups excluding carboxylic acids is 1. The largest absolute Gasteiger partial charge is 0.483 e. The average Bonchev–Trinajstić information content (AvgIpc) is 2.49. The van der Waals surface area contributed by atoms with Crippen molar-refractivity contribution in [2.45, 2.75) is 6.92 Å². The number of carbonyl (C=O) groups is 1. The van der Waals surface area contributed by atoms with Crippen LogP contribution in [0.25, 0.3) is 0 Å². The van der Waals surface area contributed by atoms with Crippen LogP contribution in [0.2, 0.25) is 5.02 Å². The summed E-state index contributed by atoms with van der Waals surface area (Å²) in [6.45, 7) is 1.55. The molecule has 0 radical (unpaired) electrons. The fourth-order valence-electron chi connectivity index (χ4n) is 1.95. The van der Waals surface area contributed by atoms with Gasteiger partial charge >= 0.3 is 5.69 Å². The third-order valence-corrected chi connectivity index (χ3v) is 3.52. The summed E-state index contributed by atoms with van der Waals surface area (Å²) < 4.78 is 7.53. The first kappa shape index (κ1) is 16.8. The van der Waals surface area contributed by atoms with Crippen LogP contribution in [-0.2, 0) is 18.9 Å². The van der Waals surface area contributed by atoms with E-state index in [1.807, 2.05) is 6.92 Å². The minimum Gasteiger partial charge on any atom is -0.483 e. The first-order valence-electron chi connectivity index (χ1n) is 6.75. The highest BCUT2D eigenvalue weighted by Gasteiger charge is 2.10. The van der Waals surface area contributed by atoms with Crippen LogP contribution in [-0.4, -0.2) is 21.6 Å². The van der Waals surface area contributed by atoms with E-state index in [4.69, 9.17) is 16.3 Å². The lowest BCUT2D eigenvalue weighted by molar-refractivity contribution is -0.118. The van der Waals surface area contributed by atoms with Crippen LogP contribution < -0.4 is 21.3 Å². The van der Waals surface area contributed by atoms with Crippen molar-refractivity contribution in [3.8, 4) is 5.75 Å². The number of nitrogens with one attached hydrogen (secondary N) is 1. The molecule has 1 aromatic heterocycles. The highest BCUT2D eigenvalue weighted by molar-refractivity contribution is 6.30. The predicted molar refractivity (Wildman–Crippen MR) is 87.2 cm³/mol. The minimum atomic E-state index is -0.526. The molecule has 0 aliphatic rings. The second kappa shape index (κ2) is 6.70. The number of anilines is 1. The van der Waals surface area contributed by atoms with Crippen LogP contribution in [0.5, 0.6) is 5.75 Å². The first-order chi connectivity index (χ1) is 10.8. The quantitative estimate of drug-likeness (QED) is 0.904. The van der Waals surface area contributed by atoms with Gasteiger partial charge in [0.15, 0.2) is 6.61 Å². The van der Waals surface area contributed by atoms with E-state index in [1.54, 1.807) is 18.2 Å². The average molecular weight is 338 g/mol. The Balaban J connectivity index is 2.09. The Hall–Kier alpha value is -2.54. The minimum absolute atomic E-state index is 0.111. The Kier molecular flexibility index (Phi) is 4.90. The van der Waals surface area contributed by atoms with Crippen molar-refractivity contribution in [3.63, 3.8) is 0 Å². The molecule has 0 saturated heterocycles. The van der Waals surface area contributed by atoms with E-state index in [0.29, 0.717) is 10.8 Å². The summed E-state index contributed by atoms with van der Waals surface area (Å²) in [5.74, 6) is 0.157. The molecule has 0 aliphatic heterocycles. The molecular formula is C15H16ClN3O4. The Labute approximate surface area is 137 Å². The van der Waals surface area contributed by atoms with Crippen LogP contribution >= 0.6 is 11.6 Å². The van der Waals surface area contributed by atoms with Crippen molar-refractivity contribution in [2.75, 3.05) is 11.9 Å². The van der Waals surface area contributed by atoms with Gasteiger partial charge in [-0.2, -0.15) is 0 Å². The second-order valence-corrected chi connectivity index (χ2v) is 5.45. The molecule has 0 spiro atoms. The predicted octanol–water partition coefficient (Wildman–Crippen LogP) is 1.06. The van der Waals surface area contributed by atoms with Gasteiger partial charge < -0.3 is 10.1 Å². The zero-order valence-corrected chi connectivity index (χ0v) is 13.7. The number of rotatable bonds is 4. The molecule has 2 aromatic rings. The monoisotopic (exact) mass is 337 g/mol.